The van der Waals surface area contributed by atoms with Crippen LogP contribution in [0.5, 0.6) is 0 Å². The van der Waals surface area contributed by atoms with Gasteiger partial charge in [-0.2, -0.15) is 0 Å². The van der Waals surface area contributed by atoms with Crippen molar-refractivity contribution in [3.63, 3.8) is 0 Å². The summed E-state index contributed by atoms with van der Waals surface area (Å²) in [5, 5.41) is 8.75. The Morgan fingerprint density at radius 2 is 2.24 bits per heavy atom. The number of hydrogen-bond donors (Lipinski definition) is 1. The Hall–Kier alpha value is -0.850. The van der Waals surface area contributed by atoms with Gasteiger partial charge in [-0.15, -0.1) is 10.2 Å². The molecule has 2 N–H and O–H groups in total. The molecule has 90 valence electrons. The van der Waals surface area contributed by atoms with Gasteiger partial charge in [0.15, 0.2) is 5.16 Å². The highest BCUT2D eigenvalue weighted by atomic mass is 79.9. The van der Waals surface area contributed by atoms with Crippen LogP contribution >= 0.6 is 27.7 Å². The number of rotatable bonds is 3. The molecular formula is C11H13BrN4S. The molecule has 2 aromatic rings. The van der Waals surface area contributed by atoms with Crippen molar-refractivity contribution in [2.24, 2.45) is 12.8 Å². The molecule has 0 spiro atoms. The average molecular weight is 313 g/mol. The van der Waals surface area contributed by atoms with Crippen molar-refractivity contribution in [1.82, 2.24) is 14.8 Å². The highest BCUT2D eigenvalue weighted by Gasteiger charge is 2.09. The van der Waals surface area contributed by atoms with Crippen LogP contribution in [0.2, 0.25) is 0 Å². The Balaban J connectivity index is 2.26. The van der Waals surface area contributed by atoms with Crippen molar-refractivity contribution in [3.05, 3.63) is 34.6 Å². The first-order valence-electron chi connectivity index (χ1n) is 5.15. The van der Waals surface area contributed by atoms with Crippen LogP contribution in [0, 0.1) is 0 Å². The molecule has 0 aliphatic rings. The number of benzene rings is 1. The fourth-order valence-electron chi connectivity index (χ4n) is 1.35. The number of nitrogens with two attached hydrogens (primary N) is 1. The SMILES string of the molecule is C[C@@H](N)c1ccc(Sc2nncn2C)c(Br)c1. The van der Waals surface area contributed by atoms with E-state index < -0.39 is 0 Å². The van der Waals surface area contributed by atoms with Crippen molar-refractivity contribution >= 4 is 27.7 Å². The van der Waals surface area contributed by atoms with Crippen LogP contribution in [0.4, 0.5) is 0 Å². The van der Waals surface area contributed by atoms with E-state index in [1.807, 2.05) is 36.7 Å². The van der Waals surface area contributed by atoms with Crippen LogP contribution in [0.3, 0.4) is 0 Å². The highest BCUT2D eigenvalue weighted by molar-refractivity contribution is 9.10. The zero-order valence-electron chi connectivity index (χ0n) is 9.59. The summed E-state index contributed by atoms with van der Waals surface area (Å²) in [6.45, 7) is 1.97. The largest absolute Gasteiger partial charge is 0.324 e. The van der Waals surface area contributed by atoms with E-state index in [1.165, 1.54) is 0 Å². The molecule has 2 rings (SSSR count). The first-order valence-corrected chi connectivity index (χ1v) is 6.75. The Morgan fingerprint density at radius 1 is 1.47 bits per heavy atom. The second-order valence-electron chi connectivity index (χ2n) is 3.81. The molecule has 0 saturated heterocycles. The normalized spacial score (nSPS) is 12.7. The molecule has 0 saturated carbocycles. The second-order valence-corrected chi connectivity index (χ2v) is 5.67. The summed E-state index contributed by atoms with van der Waals surface area (Å²) in [5.74, 6) is 0. The van der Waals surface area contributed by atoms with Crippen LogP contribution in [-0.4, -0.2) is 14.8 Å². The lowest BCUT2D eigenvalue weighted by Gasteiger charge is -2.09. The van der Waals surface area contributed by atoms with Crippen LogP contribution in [0.25, 0.3) is 0 Å². The lowest BCUT2D eigenvalue weighted by Crippen LogP contribution is -2.04. The monoisotopic (exact) mass is 312 g/mol. The Morgan fingerprint density at radius 3 is 2.76 bits per heavy atom. The lowest BCUT2D eigenvalue weighted by molar-refractivity contribution is 0.788. The molecule has 4 nitrogen and oxygen atoms in total. The molecule has 1 aromatic heterocycles. The van der Waals surface area contributed by atoms with E-state index in [0.717, 1.165) is 20.1 Å². The number of nitrogens with zero attached hydrogens (tertiary/aromatic N) is 3. The smallest absolute Gasteiger partial charge is 0.195 e. The topological polar surface area (TPSA) is 56.7 Å². The third-order valence-corrected chi connectivity index (χ3v) is 4.40. The Bertz CT molecular complexity index is 524. The molecule has 17 heavy (non-hydrogen) atoms. The Kier molecular flexibility index (Phi) is 3.86. The molecule has 0 unspecified atom stereocenters. The number of hydrogen-bond acceptors (Lipinski definition) is 4. The molecule has 1 atom stereocenters. The predicted octanol–water partition coefficient (Wildman–Crippen LogP) is 2.75. The minimum atomic E-state index is 0.0418. The molecular weight excluding hydrogens is 300 g/mol. The summed E-state index contributed by atoms with van der Waals surface area (Å²) in [6.07, 6.45) is 1.69. The van der Waals surface area contributed by atoms with Gasteiger partial charge in [-0.1, -0.05) is 6.07 Å². The van der Waals surface area contributed by atoms with E-state index in [1.54, 1.807) is 18.1 Å². The number of aromatic nitrogens is 3. The summed E-state index contributed by atoms with van der Waals surface area (Å²) >= 11 is 5.12. The molecule has 6 heteroatoms. The van der Waals surface area contributed by atoms with Gasteiger partial charge in [-0.3, -0.25) is 0 Å². The zero-order valence-corrected chi connectivity index (χ0v) is 12.0. The van der Waals surface area contributed by atoms with Gasteiger partial charge >= 0.3 is 0 Å². The summed E-state index contributed by atoms with van der Waals surface area (Å²) in [6, 6.07) is 6.17. The summed E-state index contributed by atoms with van der Waals surface area (Å²) in [5.41, 5.74) is 6.95. The first kappa shape index (κ1) is 12.6. The average Bonchev–Trinajstić information content (AvgIpc) is 2.67. The number of halogens is 1. The van der Waals surface area contributed by atoms with Gasteiger partial charge in [0, 0.05) is 22.5 Å². The van der Waals surface area contributed by atoms with Gasteiger partial charge in [0.25, 0.3) is 0 Å². The van der Waals surface area contributed by atoms with E-state index in [0.29, 0.717) is 0 Å². The van der Waals surface area contributed by atoms with Crippen molar-refractivity contribution in [2.75, 3.05) is 0 Å². The number of aryl methyl sites for hydroxylation is 1. The minimum absolute atomic E-state index is 0.0418. The van der Waals surface area contributed by atoms with Gasteiger partial charge in [-0.05, 0) is 52.3 Å². The maximum absolute atomic E-state index is 5.84. The summed E-state index contributed by atoms with van der Waals surface area (Å²) in [4.78, 5) is 1.10. The first-order chi connectivity index (χ1) is 8.08. The van der Waals surface area contributed by atoms with Crippen molar-refractivity contribution in [3.8, 4) is 0 Å². The van der Waals surface area contributed by atoms with E-state index in [9.17, 15) is 0 Å². The van der Waals surface area contributed by atoms with Gasteiger partial charge in [0.2, 0.25) is 0 Å². The van der Waals surface area contributed by atoms with Gasteiger partial charge in [0.1, 0.15) is 6.33 Å². The summed E-state index contributed by atoms with van der Waals surface area (Å²) < 4.78 is 2.91. The quantitative estimate of drug-likeness (QED) is 0.946. The van der Waals surface area contributed by atoms with E-state index in [-0.39, 0.29) is 6.04 Å². The van der Waals surface area contributed by atoms with Gasteiger partial charge in [-0.25, -0.2) is 0 Å². The molecule has 0 bridgehead atoms. The van der Waals surface area contributed by atoms with Crippen LogP contribution in [-0.2, 0) is 7.05 Å². The molecule has 1 aromatic carbocycles. The predicted molar refractivity (Wildman–Crippen MR) is 71.9 cm³/mol. The van der Waals surface area contributed by atoms with Crippen molar-refractivity contribution < 1.29 is 0 Å². The van der Waals surface area contributed by atoms with Crippen LogP contribution < -0.4 is 5.73 Å². The molecule has 0 fully saturated rings. The standard InChI is InChI=1S/C11H13BrN4S/c1-7(13)8-3-4-10(9(12)5-8)17-11-15-14-6-16(11)2/h3-7H,13H2,1-2H3/t7-/m1/s1. The van der Waals surface area contributed by atoms with Gasteiger partial charge in [0.05, 0.1) is 0 Å². The van der Waals surface area contributed by atoms with E-state index in [4.69, 9.17) is 5.73 Å². The third kappa shape index (κ3) is 2.88. The molecule has 0 aliphatic heterocycles. The minimum Gasteiger partial charge on any atom is -0.324 e. The fourth-order valence-corrected chi connectivity index (χ4v) is 2.75. The van der Waals surface area contributed by atoms with E-state index in [2.05, 4.69) is 26.1 Å². The fraction of sp³-hybridized carbons (Fsp3) is 0.273. The van der Waals surface area contributed by atoms with Crippen LogP contribution in [0.15, 0.2) is 39.1 Å². The second kappa shape index (κ2) is 5.20. The van der Waals surface area contributed by atoms with E-state index >= 15 is 0 Å². The molecule has 0 radical (unpaired) electrons. The molecule has 0 aliphatic carbocycles. The maximum atomic E-state index is 5.84. The third-order valence-electron chi connectivity index (χ3n) is 2.35. The molecule has 0 amide bonds. The van der Waals surface area contributed by atoms with Crippen molar-refractivity contribution in [2.45, 2.75) is 23.0 Å². The van der Waals surface area contributed by atoms with Crippen LogP contribution in [0.1, 0.15) is 18.5 Å². The highest BCUT2D eigenvalue weighted by Crippen LogP contribution is 2.33. The maximum Gasteiger partial charge on any atom is 0.195 e. The summed E-state index contributed by atoms with van der Waals surface area (Å²) in [7, 11) is 1.92. The van der Waals surface area contributed by atoms with Crippen molar-refractivity contribution in [1.29, 1.82) is 0 Å². The molecule has 1 heterocycles. The van der Waals surface area contributed by atoms with Gasteiger partial charge < -0.3 is 10.3 Å². The lowest BCUT2D eigenvalue weighted by atomic mass is 10.1. The Labute approximate surface area is 113 Å². The zero-order chi connectivity index (χ0) is 12.4.